The predicted octanol–water partition coefficient (Wildman–Crippen LogP) is 4.50. The molecule has 3 aromatic rings. The normalized spacial score (nSPS) is 17.2. The van der Waals surface area contributed by atoms with Gasteiger partial charge in [-0.3, -0.25) is 9.36 Å². The van der Waals surface area contributed by atoms with Crippen LogP contribution in [-0.4, -0.2) is 51.1 Å². The molecule has 0 unspecified atom stereocenters. The number of amides is 1. The maximum Gasteiger partial charge on any atom is 0.233 e. The fourth-order valence-electron chi connectivity index (χ4n) is 3.54. The average Bonchev–Trinajstić information content (AvgIpc) is 3.54. The van der Waals surface area contributed by atoms with Crippen molar-refractivity contribution >= 4 is 29.0 Å². The van der Waals surface area contributed by atoms with Crippen molar-refractivity contribution in [1.29, 1.82) is 0 Å². The molecule has 3 heterocycles. The maximum absolute atomic E-state index is 12.8. The van der Waals surface area contributed by atoms with Crippen LogP contribution in [0.15, 0.2) is 53.0 Å². The minimum Gasteiger partial charge on any atom is -0.376 e. The lowest BCUT2D eigenvalue weighted by atomic mass is 10.1. The van der Waals surface area contributed by atoms with Crippen LogP contribution in [0.1, 0.15) is 31.4 Å². The van der Waals surface area contributed by atoms with E-state index in [1.165, 1.54) is 11.8 Å². The second kappa shape index (κ2) is 9.76. The Hall–Kier alpha value is -2.16. The summed E-state index contributed by atoms with van der Waals surface area (Å²) in [5.74, 6) is 1.24. The summed E-state index contributed by atoms with van der Waals surface area (Å²) in [7, 11) is 1.86. The van der Waals surface area contributed by atoms with Gasteiger partial charge in [0.05, 0.1) is 29.3 Å². The van der Waals surface area contributed by atoms with E-state index in [4.69, 9.17) is 4.74 Å². The molecule has 158 valence electrons. The van der Waals surface area contributed by atoms with Gasteiger partial charge < -0.3 is 9.64 Å². The number of hydrogen-bond donors (Lipinski definition) is 0. The number of aromatic nitrogens is 3. The highest BCUT2D eigenvalue weighted by Crippen LogP contribution is 2.29. The SMILES string of the molecule is C[C@@H](c1ccccc1)N(C)C(=O)CSc1nnc(-c2cccs2)n1C[C@@H]1CCCO1. The molecule has 2 atom stereocenters. The Morgan fingerprint density at radius 2 is 2.13 bits per heavy atom. The number of thioether (sulfide) groups is 1. The number of carbonyl (C=O) groups excluding carboxylic acids is 1. The summed E-state index contributed by atoms with van der Waals surface area (Å²) >= 11 is 3.09. The Balaban J connectivity index is 1.46. The monoisotopic (exact) mass is 442 g/mol. The molecule has 1 fully saturated rings. The van der Waals surface area contributed by atoms with Crippen LogP contribution in [-0.2, 0) is 16.1 Å². The van der Waals surface area contributed by atoms with E-state index in [2.05, 4.69) is 20.8 Å². The second-order valence-electron chi connectivity index (χ2n) is 7.41. The number of benzene rings is 1. The Morgan fingerprint density at radius 1 is 1.30 bits per heavy atom. The molecule has 0 spiro atoms. The third-order valence-corrected chi connectivity index (χ3v) is 7.27. The zero-order valence-corrected chi connectivity index (χ0v) is 18.9. The van der Waals surface area contributed by atoms with E-state index >= 15 is 0 Å². The Labute approximate surface area is 185 Å². The van der Waals surface area contributed by atoms with Crippen LogP contribution in [0.4, 0.5) is 0 Å². The van der Waals surface area contributed by atoms with Gasteiger partial charge in [-0.05, 0) is 36.8 Å². The van der Waals surface area contributed by atoms with E-state index in [1.807, 2.05) is 55.7 Å². The molecular weight excluding hydrogens is 416 g/mol. The first kappa shape index (κ1) is 21.1. The van der Waals surface area contributed by atoms with Crippen LogP contribution in [0.3, 0.4) is 0 Å². The van der Waals surface area contributed by atoms with Crippen LogP contribution in [0.2, 0.25) is 0 Å². The number of ether oxygens (including phenoxy) is 1. The fourth-order valence-corrected chi connectivity index (χ4v) is 5.13. The lowest BCUT2D eigenvalue weighted by Crippen LogP contribution is -2.31. The van der Waals surface area contributed by atoms with Gasteiger partial charge in [0.2, 0.25) is 5.91 Å². The lowest BCUT2D eigenvalue weighted by molar-refractivity contribution is -0.128. The molecule has 6 nitrogen and oxygen atoms in total. The molecule has 1 saturated heterocycles. The predicted molar refractivity (Wildman–Crippen MR) is 121 cm³/mol. The van der Waals surface area contributed by atoms with Crippen molar-refractivity contribution in [2.24, 2.45) is 0 Å². The molecule has 0 aliphatic carbocycles. The van der Waals surface area contributed by atoms with Gasteiger partial charge in [-0.15, -0.1) is 21.5 Å². The summed E-state index contributed by atoms with van der Waals surface area (Å²) in [4.78, 5) is 15.7. The number of rotatable bonds is 8. The highest BCUT2D eigenvalue weighted by atomic mass is 32.2. The van der Waals surface area contributed by atoms with Crippen LogP contribution < -0.4 is 0 Å². The number of nitrogens with zero attached hydrogens (tertiary/aromatic N) is 4. The minimum absolute atomic E-state index is 0.0192. The summed E-state index contributed by atoms with van der Waals surface area (Å²) in [6, 6.07) is 14.2. The molecule has 0 saturated carbocycles. The number of carbonyl (C=O) groups is 1. The minimum atomic E-state index is 0.0192. The first-order valence-electron chi connectivity index (χ1n) is 10.2. The van der Waals surface area contributed by atoms with Gasteiger partial charge in [0.1, 0.15) is 0 Å². The van der Waals surface area contributed by atoms with Gasteiger partial charge in [-0.1, -0.05) is 48.2 Å². The summed E-state index contributed by atoms with van der Waals surface area (Å²) in [5, 5.41) is 11.6. The molecule has 4 rings (SSSR count). The van der Waals surface area contributed by atoms with E-state index in [-0.39, 0.29) is 18.1 Å². The van der Waals surface area contributed by atoms with Gasteiger partial charge in [-0.2, -0.15) is 0 Å². The van der Waals surface area contributed by atoms with Crippen LogP contribution >= 0.6 is 23.1 Å². The third kappa shape index (κ3) is 4.77. The van der Waals surface area contributed by atoms with E-state index in [0.717, 1.165) is 40.9 Å². The standard InChI is InChI=1S/C22H26N4O2S2/c1-16(17-8-4-3-5-9-17)25(2)20(27)15-30-22-24-23-21(19-11-7-13-29-19)26(22)14-18-10-6-12-28-18/h3-5,7-9,11,13,16,18H,6,10,12,14-15H2,1-2H3/t16-,18-/m0/s1. The largest absolute Gasteiger partial charge is 0.376 e. The first-order chi connectivity index (χ1) is 14.6. The molecule has 30 heavy (non-hydrogen) atoms. The Bertz CT molecular complexity index is 953. The van der Waals surface area contributed by atoms with E-state index in [1.54, 1.807) is 16.2 Å². The van der Waals surface area contributed by atoms with Crippen molar-refractivity contribution in [2.45, 2.75) is 43.6 Å². The van der Waals surface area contributed by atoms with Gasteiger partial charge >= 0.3 is 0 Å². The zero-order chi connectivity index (χ0) is 20.9. The highest BCUT2D eigenvalue weighted by Gasteiger charge is 2.24. The quantitative estimate of drug-likeness (QED) is 0.481. The second-order valence-corrected chi connectivity index (χ2v) is 9.30. The highest BCUT2D eigenvalue weighted by molar-refractivity contribution is 7.99. The van der Waals surface area contributed by atoms with Gasteiger partial charge in [0.25, 0.3) is 0 Å². The molecule has 0 N–H and O–H groups in total. The summed E-state index contributed by atoms with van der Waals surface area (Å²) in [6.07, 6.45) is 2.31. The van der Waals surface area contributed by atoms with Crippen LogP contribution in [0.5, 0.6) is 0 Å². The zero-order valence-electron chi connectivity index (χ0n) is 17.2. The topological polar surface area (TPSA) is 60.2 Å². The van der Waals surface area contributed by atoms with E-state index in [9.17, 15) is 4.79 Å². The molecule has 8 heteroatoms. The lowest BCUT2D eigenvalue weighted by Gasteiger charge is -2.25. The molecular formula is C22H26N4O2S2. The number of hydrogen-bond acceptors (Lipinski definition) is 6. The molecule has 0 radical (unpaired) electrons. The number of thiophene rings is 1. The molecule has 1 aliphatic rings. The van der Waals surface area contributed by atoms with Crippen molar-refractivity contribution in [3.05, 3.63) is 53.4 Å². The van der Waals surface area contributed by atoms with Crippen molar-refractivity contribution in [3.63, 3.8) is 0 Å². The maximum atomic E-state index is 12.8. The van der Waals surface area contributed by atoms with Gasteiger partial charge in [0, 0.05) is 13.7 Å². The first-order valence-corrected chi connectivity index (χ1v) is 12.0. The average molecular weight is 443 g/mol. The van der Waals surface area contributed by atoms with Crippen LogP contribution in [0.25, 0.3) is 10.7 Å². The third-order valence-electron chi connectivity index (χ3n) is 5.45. The Kier molecular flexibility index (Phi) is 6.86. The summed E-state index contributed by atoms with van der Waals surface area (Å²) in [5.41, 5.74) is 1.12. The van der Waals surface area contributed by atoms with Gasteiger partial charge in [0.15, 0.2) is 11.0 Å². The fraction of sp³-hybridized carbons (Fsp3) is 0.409. The molecule has 0 bridgehead atoms. The molecule has 1 aliphatic heterocycles. The van der Waals surface area contributed by atoms with Crippen molar-refractivity contribution in [1.82, 2.24) is 19.7 Å². The van der Waals surface area contributed by atoms with Crippen molar-refractivity contribution < 1.29 is 9.53 Å². The van der Waals surface area contributed by atoms with Crippen LogP contribution in [0, 0.1) is 0 Å². The smallest absolute Gasteiger partial charge is 0.233 e. The van der Waals surface area contributed by atoms with Crippen molar-refractivity contribution in [2.75, 3.05) is 19.4 Å². The molecule has 2 aromatic heterocycles. The molecule has 1 aromatic carbocycles. The summed E-state index contributed by atoms with van der Waals surface area (Å²) in [6.45, 7) is 3.57. The van der Waals surface area contributed by atoms with E-state index in [0.29, 0.717) is 12.3 Å². The Morgan fingerprint density at radius 3 is 2.83 bits per heavy atom. The summed E-state index contributed by atoms with van der Waals surface area (Å²) < 4.78 is 7.95. The van der Waals surface area contributed by atoms with E-state index < -0.39 is 0 Å². The van der Waals surface area contributed by atoms with Crippen molar-refractivity contribution in [3.8, 4) is 10.7 Å². The molecule has 1 amide bonds. The van der Waals surface area contributed by atoms with Gasteiger partial charge in [-0.25, -0.2) is 0 Å².